The monoisotopic (exact) mass is 256 g/mol. The van der Waals surface area contributed by atoms with Crippen LogP contribution >= 0.6 is 0 Å². The van der Waals surface area contributed by atoms with Gasteiger partial charge in [0.25, 0.3) is 0 Å². The van der Waals surface area contributed by atoms with Gasteiger partial charge in [-0.15, -0.1) is 0 Å². The van der Waals surface area contributed by atoms with Crippen LogP contribution in [0.15, 0.2) is 0 Å². The molecule has 0 aromatic rings. The molecule has 0 spiro atoms. The predicted octanol–water partition coefficient (Wildman–Crippen LogP) is -0.577. The molecule has 2 saturated heterocycles. The first-order valence-corrected chi connectivity index (χ1v) is 6.49. The Labute approximate surface area is 106 Å². The highest BCUT2D eigenvalue weighted by Gasteiger charge is 2.39. The number of carboxylic acid groups (broad SMARTS) is 1. The summed E-state index contributed by atoms with van der Waals surface area (Å²) in [4.78, 5) is 24.5. The van der Waals surface area contributed by atoms with Crippen LogP contribution in [0.4, 0.5) is 0 Å². The summed E-state index contributed by atoms with van der Waals surface area (Å²) in [7, 11) is 0. The number of aliphatic hydroxyl groups excluding tert-OH is 1. The molecule has 18 heavy (non-hydrogen) atoms. The molecule has 0 aliphatic carbocycles. The Kier molecular flexibility index (Phi) is 4.19. The summed E-state index contributed by atoms with van der Waals surface area (Å²) in [6.45, 7) is 1.99. The fraction of sp³-hybridized carbons (Fsp3) is 0.833. The molecule has 2 fully saturated rings. The Hall–Kier alpha value is -1.14. The third kappa shape index (κ3) is 3.00. The van der Waals surface area contributed by atoms with Crippen molar-refractivity contribution in [3.63, 3.8) is 0 Å². The van der Waals surface area contributed by atoms with Crippen molar-refractivity contribution in [2.24, 2.45) is 5.92 Å². The molecule has 0 saturated carbocycles. The highest BCUT2D eigenvalue weighted by atomic mass is 16.4. The summed E-state index contributed by atoms with van der Waals surface area (Å²) in [5, 5.41) is 21.8. The Morgan fingerprint density at radius 1 is 1.28 bits per heavy atom. The van der Waals surface area contributed by atoms with E-state index in [1.54, 1.807) is 0 Å². The summed E-state index contributed by atoms with van der Waals surface area (Å²) < 4.78 is 0. The lowest BCUT2D eigenvalue weighted by Crippen LogP contribution is -2.42. The average Bonchev–Trinajstić information content (AvgIpc) is 2.73. The van der Waals surface area contributed by atoms with E-state index in [0.717, 1.165) is 25.9 Å². The fourth-order valence-electron chi connectivity index (χ4n) is 2.77. The van der Waals surface area contributed by atoms with Gasteiger partial charge >= 0.3 is 5.97 Å². The van der Waals surface area contributed by atoms with Gasteiger partial charge in [0, 0.05) is 19.4 Å². The standard InChI is InChI=1S/C12H20N2O4/c15-9-6-10(12(17)18)14(7-9)11(16)5-8-1-3-13-4-2-8/h8-10,13,15H,1-7H2,(H,17,18). The molecule has 0 aromatic carbocycles. The molecule has 2 heterocycles. The molecule has 2 aliphatic heterocycles. The van der Waals surface area contributed by atoms with E-state index in [4.69, 9.17) is 5.11 Å². The van der Waals surface area contributed by atoms with Crippen LogP contribution in [0.1, 0.15) is 25.7 Å². The van der Waals surface area contributed by atoms with Crippen molar-refractivity contribution in [2.45, 2.75) is 37.8 Å². The number of nitrogens with one attached hydrogen (secondary N) is 1. The third-order valence-corrected chi connectivity index (χ3v) is 3.81. The number of hydrogen-bond donors (Lipinski definition) is 3. The molecule has 2 aliphatic rings. The fourth-order valence-corrected chi connectivity index (χ4v) is 2.77. The van der Waals surface area contributed by atoms with Crippen LogP contribution in [0.2, 0.25) is 0 Å². The van der Waals surface area contributed by atoms with Crippen LogP contribution in [0.25, 0.3) is 0 Å². The Balaban J connectivity index is 1.92. The minimum atomic E-state index is -1.02. The Morgan fingerprint density at radius 2 is 1.94 bits per heavy atom. The summed E-state index contributed by atoms with van der Waals surface area (Å²) in [5.74, 6) is -0.818. The second-order valence-electron chi connectivity index (χ2n) is 5.19. The summed E-state index contributed by atoms with van der Waals surface area (Å²) in [6.07, 6.45) is 1.76. The summed E-state index contributed by atoms with van der Waals surface area (Å²) >= 11 is 0. The first kappa shape index (κ1) is 13.3. The molecule has 0 aromatic heterocycles. The van der Waals surface area contributed by atoms with E-state index in [-0.39, 0.29) is 18.9 Å². The number of carbonyl (C=O) groups excluding carboxylic acids is 1. The summed E-state index contributed by atoms with van der Waals surface area (Å²) in [5.41, 5.74) is 0. The highest BCUT2D eigenvalue weighted by Crippen LogP contribution is 2.23. The van der Waals surface area contributed by atoms with Crippen molar-refractivity contribution in [3.8, 4) is 0 Å². The lowest BCUT2D eigenvalue weighted by atomic mass is 9.94. The van der Waals surface area contributed by atoms with Crippen LogP contribution in [0, 0.1) is 5.92 Å². The topological polar surface area (TPSA) is 89.9 Å². The maximum absolute atomic E-state index is 12.1. The van der Waals surface area contributed by atoms with E-state index < -0.39 is 18.1 Å². The van der Waals surface area contributed by atoms with Gasteiger partial charge in [-0.05, 0) is 31.8 Å². The lowest BCUT2D eigenvalue weighted by molar-refractivity contribution is -0.148. The van der Waals surface area contributed by atoms with Gasteiger partial charge in [0.2, 0.25) is 5.91 Å². The highest BCUT2D eigenvalue weighted by molar-refractivity contribution is 5.84. The number of hydrogen-bond acceptors (Lipinski definition) is 4. The van der Waals surface area contributed by atoms with Gasteiger partial charge < -0.3 is 20.4 Å². The van der Waals surface area contributed by atoms with Gasteiger partial charge in [0.05, 0.1) is 6.10 Å². The van der Waals surface area contributed by atoms with Crippen LogP contribution in [-0.2, 0) is 9.59 Å². The zero-order valence-electron chi connectivity index (χ0n) is 10.3. The van der Waals surface area contributed by atoms with E-state index in [1.807, 2.05) is 0 Å². The molecule has 2 rings (SSSR count). The van der Waals surface area contributed by atoms with Crippen molar-refractivity contribution < 1.29 is 19.8 Å². The van der Waals surface area contributed by atoms with Crippen LogP contribution < -0.4 is 5.32 Å². The minimum absolute atomic E-state index is 0.133. The van der Waals surface area contributed by atoms with Gasteiger partial charge in [-0.1, -0.05) is 0 Å². The summed E-state index contributed by atoms with van der Waals surface area (Å²) in [6, 6.07) is -0.853. The number of piperidine rings is 1. The molecule has 0 bridgehead atoms. The van der Waals surface area contributed by atoms with Crippen molar-refractivity contribution in [3.05, 3.63) is 0 Å². The van der Waals surface area contributed by atoms with Gasteiger partial charge in [-0.25, -0.2) is 4.79 Å². The zero-order valence-corrected chi connectivity index (χ0v) is 10.3. The largest absolute Gasteiger partial charge is 0.480 e. The van der Waals surface area contributed by atoms with Crippen molar-refractivity contribution >= 4 is 11.9 Å². The minimum Gasteiger partial charge on any atom is -0.480 e. The molecular weight excluding hydrogens is 236 g/mol. The SMILES string of the molecule is O=C(O)C1CC(O)CN1C(=O)CC1CCNCC1. The average molecular weight is 256 g/mol. The molecule has 6 nitrogen and oxygen atoms in total. The molecule has 2 atom stereocenters. The zero-order chi connectivity index (χ0) is 13.1. The van der Waals surface area contributed by atoms with Gasteiger partial charge in [-0.3, -0.25) is 4.79 Å². The van der Waals surface area contributed by atoms with E-state index in [2.05, 4.69) is 5.32 Å². The quantitative estimate of drug-likeness (QED) is 0.629. The van der Waals surface area contributed by atoms with Crippen LogP contribution in [-0.4, -0.2) is 58.8 Å². The molecular formula is C12H20N2O4. The number of aliphatic hydroxyl groups is 1. The van der Waals surface area contributed by atoms with E-state index in [9.17, 15) is 14.7 Å². The van der Waals surface area contributed by atoms with Crippen LogP contribution in [0.3, 0.4) is 0 Å². The molecule has 1 amide bonds. The van der Waals surface area contributed by atoms with Gasteiger partial charge in [0.15, 0.2) is 0 Å². The number of amides is 1. The normalized spacial score (nSPS) is 29.5. The third-order valence-electron chi connectivity index (χ3n) is 3.81. The number of rotatable bonds is 3. The van der Waals surface area contributed by atoms with E-state index >= 15 is 0 Å². The number of likely N-dealkylation sites (tertiary alicyclic amines) is 1. The molecule has 3 N–H and O–H groups in total. The van der Waals surface area contributed by atoms with Gasteiger partial charge in [0.1, 0.15) is 6.04 Å². The van der Waals surface area contributed by atoms with Gasteiger partial charge in [-0.2, -0.15) is 0 Å². The van der Waals surface area contributed by atoms with Crippen LogP contribution in [0.5, 0.6) is 0 Å². The molecule has 102 valence electrons. The first-order valence-electron chi connectivity index (χ1n) is 6.49. The van der Waals surface area contributed by atoms with E-state index in [0.29, 0.717) is 12.3 Å². The number of nitrogens with zero attached hydrogens (tertiary/aromatic N) is 1. The Morgan fingerprint density at radius 3 is 2.56 bits per heavy atom. The Bertz CT molecular complexity index is 328. The maximum atomic E-state index is 12.1. The maximum Gasteiger partial charge on any atom is 0.326 e. The number of aliphatic carboxylic acids is 1. The first-order chi connectivity index (χ1) is 8.58. The van der Waals surface area contributed by atoms with Crippen molar-refractivity contribution in [2.75, 3.05) is 19.6 Å². The number of carboxylic acids is 1. The van der Waals surface area contributed by atoms with E-state index in [1.165, 1.54) is 4.90 Å². The number of carbonyl (C=O) groups is 2. The second-order valence-corrected chi connectivity index (χ2v) is 5.19. The smallest absolute Gasteiger partial charge is 0.326 e. The molecule has 0 radical (unpaired) electrons. The molecule has 6 heteroatoms. The second kappa shape index (κ2) is 5.67. The lowest BCUT2D eigenvalue weighted by Gasteiger charge is -2.26. The predicted molar refractivity (Wildman–Crippen MR) is 64.0 cm³/mol. The van der Waals surface area contributed by atoms with Crippen molar-refractivity contribution in [1.82, 2.24) is 10.2 Å². The number of β-amino-alcohol motifs (C(OH)–C–C–N with tert-alkyl or cyclic N) is 1. The van der Waals surface area contributed by atoms with Crippen molar-refractivity contribution in [1.29, 1.82) is 0 Å². The molecule has 2 unspecified atom stereocenters.